The SMILES string of the molecule is Cc1nc2cc(O[C@@H]3C[C@H]4C(=O)N[C@]5(C(=O)NS(=O)(=O)C6(C)CC6)C[C@H]5C=CCCCCC[C@H](Nc5ccccc5)C(=O)N4C3)ccc2o1. The normalized spacial score (nSPS) is 28.4. The van der Waals surface area contributed by atoms with Crippen molar-refractivity contribution in [3.8, 4) is 5.75 Å². The van der Waals surface area contributed by atoms with Gasteiger partial charge in [-0.3, -0.25) is 19.1 Å². The third-order valence-corrected chi connectivity index (χ3v) is 12.5. The number of aromatic nitrogens is 1. The van der Waals surface area contributed by atoms with Crippen LogP contribution in [0.3, 0.4) is 0 Å². The minimum atomic E-state index is -3.93. The van der Waals surface area contributed by atoms with Crippen LogP contribution in [0.2, 0.25) is 0 Å². The first-order chi connectivity index (χ1) is 23.5. The lowest BCUT2D eigenvalue weighted by molar-refractivity contribution is -0.140. The van der Waals surface area contributed by atoms with Gasteiger partial charge in [-0.05, 0) is 69.7 Å². The molecule has 3 aromatic rings. The van der Waals surface area contributed by atoms with Crippen molar-refractivity contribution in [3.63, 3.8) is 0 Å². The molecule has 260 valence electrons. The summed E-state index contributed by atoms with van der Waals surface area (Å²) in [7, 11) is -3.93. The molecule has 49 heavy (non-hydrogen) atoms. The molecule has 12 nitrogen and oxygen atoms in total. The Kier molecular flexibility index (Phi) is 8.66. The van der Waals surface area contributed by atoms with Crippen LogP contribution < -0.4 is 20.1 Å². The Bertz CT molecular complexity index is 1890. The smallest absolute Gasteiger partial charge is 0.259 e. The van der Waals surface area contributed by atoms with Gasteiger partial charge in [-0.2, -0.15) is 0 Å². The van der Waals surface area contributed by atoms with Crippen LogP contribution in [0.25, 0.3) is 11.1 Å². The van der Waals surface area contributed by atoms with E-state index >= 15 is 0 Å². The molecule has 3 amide bonds. The lowest BCUT2D eigenvalue weighted by atomic mass is 10.0. The van der Waals surface area contributed by atoms with Gasteiger partial charge in [-0.25, -0.2) is 13.4 Å². The van der Waals surface area contributed by atoms with Crippen LogP contribution in [-0.4, -0.2) is 71.0 Å². The number of nitrogens with one attached hydrogen (secondary N) is 3. The van der Waals surface area contributed by atoms with Crippen LogP contribution in [0, 0.1) is 12.8 Å². The molecule has 3 fully saturated rings. The molecule has 2 aromatic carbocycles. The van der Waals surface area contributed by atoms with E-state index in [0.717, 1.165) is 31.4 Å². The Morgan fingerprint density at radius 3 is 2.67 bits per heavy atom. The molecule has 2 saturated carbocycles. The molecule has 13 heteroatoms. The minimum absolute atomic E-state index is 0.148. The fraction of sp³-hybridized carbons (Fsp3) is 0.500. The number of amides is 3. The highest BCUT2D eigenvalue weighted by atomic mass is 32.2. The van der Waals surface area contributed by atoms with Gasteiger partial charge in [0.2, 0.25) is 21.8 Å². The van der Waals surface area contributed by atoms with Gasteiger partial charge < -0.3 is 24.7 Å². The van der Waals surface area contributed by atoms with Crippen LogP contribution in [0.1, 0.15) is 70.6 Å². The predicted octanol–water partition coefficient (Wildman–Crippen LogP) is 4.36. The number of para-hydroxylation sites is 1. The van der Waals surface area contributed by atoms with Crippen molar-refractivity contribution in [2.24, 2.45) is 5.92 Å². The highest BCUT2D eigenvalue weighted by Gasteiger charge is 2.63. The highest BCUT2D eigenvalue weighted by molar-refractivity contribution is 7.91. The molecular weight excluding hydrogens is 646 g/mol. The number of allylic oxidation sites excluding steroid dienone is 1. The molecule has 3 heterocycles. The van der Waals surface area contributed by atoms with Gasteiger partial charge in [-0.1, -0.05) is 43.2 Å². The maximum absolute atomic E-state index is 14.4. The molecular formula is C36H43N5O7S. The number of nitrogens with zero attached hydrogens (tertiary/aromatic N) is 2. The van der Waals surface area contributed by atoms with Crippen LogP contribution in [0.4, 0.5) is 5.69 Å². The standard InChI is InChI=1S/C36H43N5O7S/c1-23-37-29-19-26(15-16-31(29)47-23)48-27-20-30-32(42)39-36(34(44)40-49(45,46)35(2)17-18-35)21-24(36)11-7-4-3-5-10-14-28(33(43)41(30)22-27)38-25-12-8-6-9-13-25/h6-9,11-13,15-16,19,24,27-28,30,38H,3-5,10,14,17-18,20-22H2,1-2H3,(H,39,42)(H,40,44)/t24-,27-,28+,30+,36-/m1/s1. The highest BCUT2D eigenvalue weighted by Crippen LogP contribution is 2.47. The van der Waals surface area contributed by atoms with Crippen molar-refractivity contribution in [2.75, 3.05) is 11.9 Å². The number of rotatable bonds is 7. The molecule has 1 saturated heterocycles. The summed E-state index contributed by atoms with van der Waals surface area (Å²) >= 11 is 0. The zero-order valence-corrected chi connectivity index (χ0v) is 28.6. The molecule has 5 atom stereocenters. The summed E-state index contributed by atoms with van der Waals surface area (Å²) in [6, 6.07) is 13.3. The fourth-order valence-electron chi connectivity index (χ4n) is 6.97. The van der Waals surface area contributed by atoms with Crippen LogP contribution in [0.5, 0.6) is 5.75 Å². The van der Waals surface area contributed by atoms with Crippen molar-refractivity contribution < 1.29 is 32.0 Å². The zero-order valence-electron chi connectivity index (χ0n) is 27.8. The van der Waals surface area contributed by atoms with E-state index in [1.807, 2.05) is 42.5 Å². The van der Waals surface area contributed by atoms with Crippen molar-refractivity contribution in [1.29, 1.82) is 0 Å². The zero-order chi connectivity index (χ0) is 34.4. The lowest BCUT2D eigenvalue weighted by Crippen LogP contribution is -2.58. The Morgan fingerprint density at radius 1 is 1.10 bits per heavy atom. The Labute approximate surface area is 286 Å². The lowest BCUT2D eigenvalue weighted by Gasteiger charge is -2.30. The van der Waals surface area contributed by atoms with E-state index in [9.17, 15) is 22.8 Å². The second-order valence-corrected chi connectivity index (χ2v) is 16.3. The molecule has 1 aromatic heterocycles. The second kappa shape index (κ2) is 12.8. The molecule has 7 rings (SSSR count). The first-order valence-electron chi connectivity index (χ1n) is 17.2. The summed E-state index contributed by atoms with van der Waals surface area (Å²) in [6.07, 6.45) is 8.72. The Morgan fingerprint density at radius 2 is 1.90 bits per heavy atom. The van der Waals surface area contributed by atoms with Crippen molar-refractivity contribution in [1.82, 2.24) is 19.9 Å². The monoisotopic (exact) mass is 689 g/mol. The average Bonchev–Trinajstić information content (AvgIpc) is 3.89. The molecule has 0 spiro atoms. The average molecular weight is 690 g/mol. The third kappa shape index (κ3) is 6.77. The van der Waals surface area contributed by atoms with E-state index in [1.54, 1.807) is 36.9 Å². The number of carbonyl (C=O) groups excluding carboxylic acids is 3. The van der Waals surface area contributed by atoms with E-state index in [-0.39, 0.29) is 31.2 Å². The summed E-state index contributed by atoms with van der Waals surface area (Å²) in [5, 5.41) is 6.34. The topological polar surface area (TPSA) is 160 Å². The molecule has 0 radical (unpaired) electrons. The van der Waals surface area contributed by atoms with Gasteiger partial charge in [0, 0.05) is 31.0 Å². The largest absolute Gasteiger partial charge is 0.488 e. The summed E-state index contributed by atoms with van der Waals surface area (Å²) in [5.74, 6) is -0.800. The van der Waals surface area contributed by atoms with Gasteiger partial charge in [0.25, 0.3) is 5.91 Å². The minimum Gasteiger partial charge on any atom is -0.488 e. The fourth-order valence-corrected chi connectivity index (χ4v) is 8.28. The van der Waals surface area contributed by atoms with Crippen molar-refractivity contribution >= 4 is 44.5 Å². The van der Waals surface area contributed by atoms with Crippen molar-refractivity contribution in [3.05, 3.63) is 66.6 Å². The van der Waals surface area contributed by atoms with E-state index in [0.29, 0.717) is 42.0 Å². The molecule has 2 aliphatic carbocycles. The number of ether oxygens (including phenoxy) is 1. The van der Waals surface area contributed by atoms with Crippen LogP contribution in [0.15, 0.2) is 65.1 Å². The number of hydrogen-bond acceptors (Lipinski definition) is 9. The number of benzene rings is 2. The van der Waals surface area contributed by atoms with Gasteiger partial charge in [-0.15, -0.1) is 0 Å². The number of anilines is 1. The molecule has 2 aliphatic heterocycles. The molecule has 0 unspecified atom stereocenters. The van der Waals surface area contributed by atoms with Crippen molar-refractivity contribution in [2.45, 2.75) is 100 Å². The van der Waals surface area contributed by atoms with E-state index in [1.165, 1.54) is 0 Å². The quantitative estimate of drug-likeness (QED) is 0.307. The molecule has 4 aliphatic rings. The van der Waals surface area contributed by atoms with E-state index in [2.05, 4.69) is 20.3 Å². The summed E-state index contributed by atoms with van der Waals surface area (Å²) in [5.41, 5.74) is 0.632. The summed E-state index contributed by atoms with van der Waals surface area (Å²) in [6.45, 7) is 3.53. The third-order valence-electron chi connectivity index (χ3n) is 10.4. The van der Waals surface area contributed by atoms with Gasteiger partial charge in [0.05, 0.1) is 11.3 Å². The number of hydrogen-bond donors (Lipinski definition) is 3. The van der Waals surface area contributed by atoms with Crippen LogP contribution >= 0.6 is 0 Å². The van der Waals surface area contributed by atoms with Gasteiger partial charge >= 0.3 is 0 Å². The predicted molar refractivity (Wildman–Crippen MR) is 183 cm³/mol. The number of oxazole rings is 1. The van der Waals surface area contributed by atoms with E-state index in [4.69, 9.17) is 9.15 Å². The summed E-state index contributed by atoms with van der Waals surface area (Å²) < 4.78 is 39.4. The Hall–Kier alpha value is -4.39. The second-order valence-electron chi connectivity index (χ2n) is 14.1. The maximum Gasteiger partial charge on any atom is 0.259 e. The first kappa shape index (κ1) is 33.1. The Balaban J connectivity index is 1.18. The number of fused-ring (bicyclic) bond motifs is 3. The number of aryl methyl sites for hydroxylation is 1. The van der Waals surface area contributed by atoms with Gasteiger partial charge in [0.1, 0.15) is 35.0 Å². The van der Waals surface area contributed by atoms with Crippen LogP contribution in [-0.2, 0) is 24.4 Å². The van der Waals surface area contributed by atoms with E-state index < -0.39 is 50.3 Å². The number of sulfonamides is 1. The molecule has 3 N–H and O–H groups in total. The number of carbonyl (C=O) groups is 3. The van der Waals surface area contributed by atoms with Gasteiger partial charge in [0.15, 0.2) is 11.5 Å². The molecule has 0 bridgehead atoms. The first-order valence-corrected chi connectivity index (χ1v) is 18.7. The maximum atomic E-state index is 14.4. The summed E-state index contributed by atoms with van der Waals surface area (Å²) in [4.78, 5) is 48.4.